The van der Waals surface area contributed by atoms with Crippen molar-refractivity contribution in [2.75, 3.05) is 13.7 Å². The maximum Gasteiger partial charge on any atom is 0.409 e. The lowest BCUT2D eigenvalue weighted by molar-refractivity contribution is -0.318. The minimum absolute atomic E-state index is 0.0446. The van der Waals surface area contributed by atoms with Crippen LogP contribution in [0.5, 0.6) is 11.8 Å². The van der Waals surface area contributed by atoms with Crippen molar-refractivity contribution < 1.29 is 40.6 Å². The topological polar surface area (TPSA) is 74.2 Å². The molecule has 1 saturated carbocycles. The molecule has 0 radical (unpaired) electrons. The maximum atomic E-state index is 13.3. The Hall–Kier alpha value is -3.41. The highest BCUT2D eigenvalue weighted by Crippen LogP contribution is 2.51. The quantitative estimate of drug-likeness (QED) is 0.232. The first kappa shape index (κ1) is 29.6. The standard InChI is InChI=1S/C27H24ClF6N3O3/c1-25(26(29,30)31,27(32,33)34)21(38)12-6-15-5-11-20(28)19(13-15)23-35-22(36-24(37-23)39-2)17-7-9-18(10-8-17)40-14-16-3-4-16/h5,7-11,13,16H,3-4,6,12,14H2,1-2H3. The maximum absolute atomic E-state index is 13.3. The van der Waals surface area contributed by atoms with Crippen LogP contribution in [0, 0.1) is 11.3 Å². The van der Waals surface area contributed by atoms with Crippen LogP contribution in [0.15, 0.2) is 42.5 Å². The van der Waals surface area contributed by atoms with Crippen LogP contribution < -0.4 is 9.47 Å². The number of nitrogens with zero attached hydrogens (tertiary/aromatic N) is 3. The smallest absolute Gasteiger partial charge is 0.409 e. The zero-order valence-corrected chi connectivity index (χ0v) is 22.1. The molecule has 0 bridgehead atoms. The number of alkyl halides is 6. The van der Waals surface area contributed by atoms with E-state index in [9.17, 15) is 31.1 Å². The molecule has 0 amide bonds. The molecule has 3 aromatic rings. The van der Waals surface area contributed by atoms with Crippen LogP contribution in [-0.2, 0) is 11.2 Å². The zero-order chi connectivity index (χ0) is 29.3. The number of methoxy groups -OCH3 is 1. The first-order valence-corrected chi connectivity index (χ1v) is 12.6. The molecule has 214 valence electrons. The molecule has 1 aliphatic rings. The van der Waals surface area contributed by atoms with Gasteiger partial charge in [0.05, 0.1) is 18.7 Å². The van der Waals surface area contributed by atoms with Gasteiger partial charge in [0.15, 0.2) is 17.4 Å². The summed E-state index contributed by atoms with van der Waals surface area (Å²) in [6.45, 7) is 0.502. The Bertz CT molecular complexity index is 1360. The number of Topliss-reactive ketones (excluding diaryl/α,β-unsaturated/α-hetero) is 1. The monoisotopic (exact) mass is 587 g/mol. The van der Waals surface area contributed by atoms with E-state index < -0.39 is 36.4 Å². The fraction of sp³-hybridized carbons (Fsp3) is 0.407. The van der Waals surface area contributed by atoms with E-state index in [1.165, 1.54) is 25.3 Å². The van der Waals surface area contributed by atoms with Crippen LogP contribution in [0.4, 0.5) is 26.3 Å². The van der Waals surface area contributed by atoms with Gasteiger partial charge in [-0.2, -0.15) is 36.3 Å². The normalized spacial score (nSPS) is 14.2. The van der Waals surface area contributed by atoms with E-state index in [0.29, 0.717) is 23.8 Å². The second kappa shape index (κ2) is 11.2. The zero-order valence-electron chi connectivity index (χ0n) is 21.4. The van der Waals surface area contributed by atoms with Crippen molar-refractivity contribution in [3.63, 3.8) is 0 Å². The van der Waals surface area contributed by atoms with Gasteiger partial charge in [-0.25, -0.2) is 4.98 Å². The molecule has 4 rings (SSSR count). The molecule has 40 heavy (non-hydrogen) atoms. The van der Waals surface area contributed by atoms with Gasteiger partial charge in [0.2, 0.25) is 5.41 Å². The van der Waals surface area contributed by atoms with Gasteiger partial charge in [-0.1, -0.05) is 17.7 Å². The molecule has 2 aromatic carbocycles. The van der Waals surface area contributed by atoms with Crippen LogP contribution in [-0.4, -0.2) is 46.8 Å². The predicted octanol–water partition coefficient (Wildman–Crippen LogP) is 7.29. The molecule has 1 heterocycles. The number of aryl methyl sites for hydroxylation is 1. The molecule has 1 aliphatic carbocycles. The first-order valence-electron chi connectivity index (χ1n) is 12.2. The first-order chi connectivity index (χ1) is 18.7. The molecule has 0 saturated heterocycles. The summed E-state index contributed by atoms with van der Waals surface area (Å²) in [5.41, 5.74) is -3.38. The summed E-state index contributed by atoms with van der Waals surface area (Å²) in [7, 11) is 1.35. The van der Waals surface area contributed by atoms with E-state index in [1.807, 2.05) is 0 Å². The number of ketones is 1. The highest BCUT2D eigenvalue weighted by molar-refractivity contribution is 6.33. The molecule has 1 aromatic heterocycles. The molecular formula is C27H24ClF6N3O3. The second-order valence-corrected chi connectivity index (χ2v) is 10.0. The Morgan fingerprint density at radius 2 is 1.57 bits per heavy atom. The molecule has 6 nitrogen and oxygen atoms in total. The van der Waals surface area contributed by atoms with Gasteiger partial charge in [-0.3, -0.25) is 4.79 Å². The Balaban J connectivity index is 1.58. The molecule has 13 heteroatoms. The average molecular weight is 588 g/mol. The van der Waals surface area contributed by atoms with Gasteiger partial charge in [-0.15, -0.1) is 0 Å². The molecule has 0 N–H and O–H groups in total. The van der Waals surface area contributed by atoms with E-state index in [1.54, 1.807) is 24.3 Å². The SMILES string of the molecule is COc1nc(-c2ccc(OCC3CC3)cc2)nc(-c2cc(CCC(=O)C(C)(C(F)(F)F)C(F)(F)F)ccc2Cl)n1. The van der Waals surface area contributed by atoms with Gasteiger partial charge in [0, 0.05) is 17.5 Å². The van der Waals surface area contributed by atoms with Gasteiger partial charge in [-0.05, 0) is 74.1 Å². The summed E-state index contributed by atoms with van der Waals surface area (Å²) in [4.78, 5) is 25.1. The number of rotatable bonds is 10. The predicted molar refractivity (Wildman–Crippen MR) is 134 cm³/mol. The van der Waals surface area contributed by atoms with Crippen molar-refractivity contribution in [1.29, 1.82) is 0 Å². The van der Waals surface area contributed by atoms with Crippen LogP contribution >= 0.6 is 11.6 Å². The molecule has 0 spiro atoms. The number of ether oxygens (including phenoxy) is 2. The van der Waals surface area contributed by atoms with Crippen LogP contribution in [0.2, 0.25) is 5.02 Å². The largest absolute Gasteiger partial charge is 0.493 e. The number of benzene rings is 2. The second-order valence-electron chi connectivity index (χ2n) is 9.61. The number of carbonyl (C=O) groups excluding carboxylic acids is 1. The van der Waals surface area contributed by atoms with E-state index in [-0.39, 0.29) is 40.7 Å². The molecule has 0 aliphatic heterocycles. The number of hydrogen-bond donors (Lipinski definition) is 0. The van der Waals surface area contributed by atoms with Crippen LogP contribution in [0.25, 0.3) is 22.8 Å². The van der Waals surface area contributed by atoms with E-state index in [0.717, 1.165) is 12.8 Å². The third kappa shape index (κ3) is 6.32. The number of aromatic nitrogens is 3. The lowest BCUT2D eigenvalue weighted by Gasteiger charge is -2.32. The lowest BCUT2D eigenvalue weighted by Crippen LogP contribution is -2.53. The van der Waals surface area contributed by atoms with Gasteiger partial charge >= 0.3 is 18.4 Å². The highest BCUT2D eigenvalue weighted by Gasteiger charge is 2.71. The Morgan fingerprint density at radius 3 is 2.15 bits per heavy atom. The Kier molecular flexibility index (Phi) is 8.30. The van der Waals surface area contributed by atoms with E-state index >= 15 is 0 Å². The Labute approximate surface area is 230 Å². The van der Waals surface area contributed by atoms with Crippen molar-refractivity contribution >= 4 is 17.4 Å². The van der Waals surface area contributed by atoms with Crippen molar-refractivity contribution in [2.45, 2.75) is 45.0 Å². The van der Waals surface area contributed by atoms with Gasteiger partial charge < -0.3 is 9.47 Å². The van der Waals surface area contributed by atoms with Crippen molar-refractivity contribution in [3.05, 3.63) is 53.1 Å². The third-order valence-corrected chi connectivity index (χ3v) is 7.03. The van der Waals surface area contributed by atoms with Crippen molar-refractivity contribution in [3.8, 4) is 34.5 Å². The number of hydrogen-bond acceptors (Lipinski definition) is 6. The summed E-state index contributed by atoms with van der Waals surface area (Å²) in [5.74, 6) is -0.415. The van der Waals surface area contributed by atoms with Crippen molar-refractivity contribution in [1.82, 2.24) is 15.0 Å². The van der Waals surface area contributed by atoms with Gasteiger partial charge in [0.25, 0.3) is 0 Å². The van der Waals surface area contributed by atoms with Crippen molar-refractivity contribution in [2.24, 2.45) is 11.3 Å². The van der Waals surface area contributed by atoms with Crippen LogP contribution in [0.3, 0.4) is 0 Å². The molecular weight excluding hydrogens is 564 g/mol. The summed E-state index contributed by atoms with van der Waals surface area (Å²) < 4.78 is 90.5. The number of carbonyl (C=O) groups is 1. The summed E-state index contributed by atoms with van der Waals surface area (Å²) >= 11 is 6.34. The number of halogens is 7. The fourth-order valence-electron chi connectivity index (χ4n) is 3.78. The van der Waals surface area contributed by atoms with E-state index in [4.69, 9.17) is 21.1 Å². The third-order valence-electron chi connectivity index (χ3n) is 6.70. The fourth-order valence-corrected chi connectivity index (χ4v) is 3.98. The van der Waals surface area contributed by atoms with Gasteiger partial charge in [0.1, 0.15) is 5.75 Å². The molecule has 0 unspecified atom stereocenters. The van der Waals surface area contributed by atoms with Crippen LogP contribution in [0.1, 0.15) is 31.7 Å². The molecule has 1 fully saturated rings. The summed E-state index contributed by atoms with van der Waals surface area (Å²) in [6.07, 6.45) is -10.7. The minimum atomic E-state index is -5.80. The van der Waals surface area contributed by atoms with E-state index in [2.05, 4.69) is 15.0 Å². The summed E-state index contributed by atoms with van der Waals surface area (Å²) in [6, 6.07) is 11.2. The summed E-state index contributed by atoms with van der Waals surface area (Å²) in [5, 5.41) is 0.161. The Morgan fingerprint density at radius 1 is 0.950 bits per heavy atom. The molecule has 0 atom stereocenters. The lowest BCUT2D eigenvalue weighted by atomic mass is 9.81. The average Bonchev–Trinajstić information content (AvgIpc) is 3.74. The highest BCUT2D eigenvalue weighted by atomic mass is 35.5. The minimum Gasteiger partial charge on any atom is -0.493 e.